The molecule has 5 heteroatoms. The molecule has 0 spiro atoms. The van der Waals surface area contributed by atoms with Crippen LogP contribution in [0.5, 0.6) is 0 Å². The number of rotatable bonds is 25. The van der Waals surface area contributed by atoms with Gasteiger partial charge in [-0.2, -0.15) is 26.2 Å². The molecule has 0 saturated carbocycles. The summed E-state index contributed by atoms with van der Waals surface area (Å²) in [5.74, 6) is 0. The van der Waals surface area contributed by atoms with Gasteiger partial charge in [0.15, 0.2) is 0 Å². The van der Waals surface area contributed by atoms with E-state index in [1.807, 2.05) is 27.7 Å². The van der Waals surface area contributed by atoms with Gasteiger partial charge >= 0.3 is 20.4 Å². The topological polar surface area (TPSA) is 53.5 Å². The zero-order chi connectivity index (χ0) is 37.5. The van der Waals surface area contributed by atoms with Crippen LogP contribution in [-0.4, -0.2) is 30.9 Å². The van der Waals surface area contributed by atoms with Crippen LogP contribution in [0.2, 0.25) is 0 Å². The Kier molecular flexibility index (Phi) is 32.4. The van der Waals surface area contributed by atoms with Crippen molar-refractivity contribution in [2.75, 3.05) is 26.2 Å². The Morgan fingerprint density at radius 2 is 0.692 bits per heavy atom. The normalized spacial score (nSPS) is 12.3. The molecule has 0 saturated heterocycles. The predicted molar refractivity (Wildman–Crippen MR) is 228 cm³/mol. The summed E-state index contributed by atoms with van der Waals surface area (Å²) < 4.78 is 1.56. The molecule has 1 aliphatic rings. The fourth-order valence-corrected chi connectivity index (χ4v) is 6.68. The van der Waals surface area contributed by atoms with E-state index in [1.54, 1.807) is 4.70 Å². The van der Waals surface area contributed by atoms with Crippen molar-refractivity contribution < 1.29 is 25.1 Å². The van der Waals surface area contributed by atoms with E-state index in [0.29, 0.717) is 0 Å². The summed E-state index contributed by atoms with van der Waals surface area (Å²) in [6, 6.07) is 18.2. The maximum absolute atomic E-state index is 11.9. The molecule has 2 aromatic carbocycles. The van der Waals surface area contributed by atoms with Crippen LogP contribution in [0.15, 0.2) is 59.7 Å². The quantitative estimate of drug-likeness (QED) is 0.0545. The van der Waals surface area contributed by atoms with Crippen LogP contribution in [0, 0.1) is 0 Å². The molecule has 0 fully saturated rings. The second-order valence-electron chi connectivity index (χ2n) is 14.0. The number of benzene rings is 2. The monoisotopic (exact) mass is 805 g/mol. The van der Waals surface area contributed by atoms with Gasteiger partial charge in [-0.25, -0.2) is 4.70 Å². The number of aryl methyl sites for hydroxylation is 2. The second-order valence-corrected chi connectivity index (χ2v) is 14.0. The van der Waals surface area contributed by atoms with Crippen LogP contribution in [0.3, 0.4) is 0 Å². The van der Waals surface area contributed by atoms with Gasteiger partial charge in [-0.1, -0.05) is 150 Å². The van der Waals surface area contributed by atoms with Crippen LogP contribution in [0.25, 0.3) is 27.6 Å². The van der Waals surface area contributed by atoms with Crippen molar-refractivity contribution in [3.63, 3.8) is 0 Å². The van der Waals surface area contributed by atoms with Crippen molar-refractivity contribution in [2.45, 2.75) is 177 Å². The summed E-state index contributed by atoms with van der Waals surface area (Å²) in [7, 11) is 0. The number of nitrogens with zero attached hydrogens (tertiary/aromatic N) is 4. The van der Waals surface area contributed by atoms with Crippen LogP contribution < -0.4 is 0 Å². The summed E-state index contributed by atoms with van der Waals surface area (Å²) in [4.78, 5) is 0. The first-order chi connectivity index (χ1) is 25.0. The fourth-order valence-electron chi connectivity index (χ4n) is 6.68. The Hall–Kier alpha value is -1.90. The Morgan fingerprint density at radius 1 is 0.404 bits per heavy atom. The first-order valence-electron chi connectivity index (χ1n) is 21.4. The van der Waals surface area contributed by atoms with Crippen LogP contribution in [0.4, 0.5) is 0 Å². The molecule has 0 N–H and O–H groups in total. The second kappa shape index (κ2) is 33.7. The molecular formula is C47H78N4Pd. The minimum absolute atomic E-state index is 0. The molecule has 3 rings (SSSR count). The summed E-state index contributed by atoms with van der Waals surface area (Å²) >= 11 is 0. The molecule has 4 nitrogen and oxygen atoms in total. The van der Waals surface area contributed by atoms with E-state index in [4.69, 9.17) is 0 Å². The van der Waals surface area contributed by atoms with Gasteiger partial charge < -0.3 is 16.2 Å². The molecular weight excluding hydrogens is 727 g/mol. The van der Waals surface area contributed by atoms with Gasteiger partial charge in [0.25, 0.3) is 0 Å². The molecule has 0 unspecified atom stereocenters. The summed E-state index contributed by atoms with van der Waals surface area (Å²) in [5, 5.41) is 7.94. The van der Waals surface area contributed by atoms with Crippen molar-refractivity contribution in [1.82, 2.24) is 0 Å². The average molecular weight is 806 g/mol. The van der Waals surface area contributed by atoms with Gasteiger partial charge in [0.2, 0.25) is 11.4 Å². The van der Waals surface area contributed by atoms with Gasteiger partial charge in [0.1, 0.15) is 0 Å². The van der Waals surface area contributed by atoms with Gasteiger partial charge in [-0.05, 0) is 86.8 Å². The van der Waals surface area contributed by atoms with E-state index < -0.39 is 0 Å². The molecule has 296 valence electrons. The SMILES string of the molecule is CCCCCCC1=C(c2ccc(CCCCC)cc2)[N+](=[N-])C(c2ccc(CCCCCC)cc2)=C1CCCCCC.CC[N-]CC.CC[N-]CC.[Pd+2]. The number of unbranched alkanes of at least 4 members (excludes halogenated alkanes) is 11. The zero-order valence-corrected chi connectivity index (χ0v) is 36.5. The summed E-state index contributed by atoms with van der Waals surface area (Å²) in [6.07, 6.45) is 23.2. The fraction of sp³-hybridized carbons (Fsp3) is 0.660. The molecule has 0 bridgehead atoms. The van der Waals surface area contributed by atoms with Crippen molar-refractivity contribution in [1.29, 1.82) is 0 Å². The van der Waals surface area contributed by atoms with Gasteiger partial charge in [-0.15, -0.1) is 0 Å². The molecule has 0 atom stereocenters. The summed E-state index contributed by atoms with van der Waals surface area (Å²) in [5.41, 5.74) is 21.8. The third-order valence-corrected chi connectivity index (χ3v) is 9.66. The molecule has 1 aliphatic heterocycles. The van der Waals surface area contributed by atoms with Gasteiger partial charge in [0.05, 0.1) is 0 Å². The Morgan fingerprint density at radius 3 is 0.981 bits per heavy atom. The van der Waals surface area contributed by atoms with Crippen LogP contribution in [0.1, 0.15) is 187 Å². The minimum Gasteiger partial charge on any atom is -0.663 e. The van der Waals surface area contributed by atoms with Gasteiger partial charge in [-0.3, -0.25) is 0 Å². The molecule has 52 heavy (non-hydrogen) atoms. The molecule has 0 amide bonds. The minimum atomic E-state index is 0. The maximum Gasteiger partial charge on any atom is 2.00 e. The Labute approximate surface area is 336 Å². The first-order valence-corrected chi connectivity index (χ1v) is 21.4. The van der Waals surface area contributed by atoms with Crippen molar-refractivity contribution in [3.05, 3.63) is 98.1 Å². The number of hydrogen-bond donors (Lipinski definition) is 0. The van der Waals surface area contributed by atoms with Crippen LogP contribution in [-0.2, 0) is 33.3 Å². The molecule has 0 aliphatic carbocycles. The first kappa shape index (κ1) is 50.1. The van der Waals surface area contributed by atoms with Crippen molar-refractivity contribution >= 4 is 11.4 Å². The van der Waals surface area contributed by atoms with E-state index in [2.05, 4.69) is 86.9 Å². The van der Waals surface area contributed by atoms with Crippen molar-refractivity contribution in [3.8, 4) is 0 Å². The average Bonchev–Trinajstić information content (AvgIpc) is 3.42. The zero-order valence-electron chi connectivity index (χ0n) is 35.0. The Bertz CT molecular complexity index is 1200. The molecule has 2 aromatic rings. The molecule has 1 heterocycles. The van der Waals surface area contributed by atoms with Crippen molar-refractivity contribution in [2.24, 2.45) is 0 Å². The van der Waals surface area contributed by atoms with Crippen LogP contribution >= 0.6 is 0 Å². The summed E-state index contributed by atoms with van der Waals surface area (Å²) in [6.45, 7) is 21.1. The standard InChI is InChI=1S/C39H58N2.2C4H10N.Pd/c1-5-9-13-17-21-33-26-30-35(31-27-33)39-37(23-19-15-11-7-3)36(22-18-14-10-6-2)38(41(39)40)34-28-24-32(25-29-34)20-16-12-8-4;2*1-3-5-4-2;/h24-31H,5-23H2,1-4H3;2*3-4H2,1-2H3;/q;2*-1;+2. The number of allylic oxidation sites excluding steroid dienone is 2. The largest absolute Gasteiger partial charge is 2.00 e. The maximum atomic E-state index is 11.9. The molecule has 0 aromatic heterocycles. The van der Waals surface area contributed by atoms with E-state index in [1.165, 1.54) is 119 Å². The number of hydrogen-bond acceptors (Lipinski definition) is 0. The molecule has 0 radical (unpaired) electrons. The predicted octanol–water partition coefficient (Wildman–Crippen LogP) is 15.5. The Balaban J connectivity index is 0.00000208. The van der Waals surface area contributed by atoms with Gasteiger partial charge in [0, 0.05) is 22.3 Å². The third-order valence-electron chi connectivity index (χ3n) is 9.66. The third kappa shape index (κ3) is 20.0. The van der Waals surface area contributed by atoms with E-state index >= 15 is 0 Å². The van der Waals surface area contributed by atoms with E-state index in [9.17, 15) is 5.53 Å². The van der Waals surface area contributed by atoms with E-state index in [-0.39, 0.29) is 20.4 Å². The smallest absolute Gasteiger partial charge is 0.663 e. The van der Waals surface area contributed by atoms with E-state index in [0.717, 1.165) is 74.4 Å².